The Bertz CT molecular complexity index is 1810. The van der Waals surface area contributed by atoms with E-state index >= 15 is 0 Å². The maximum atomic E-state index is 14.1. The molecule has 3 amide bonds. The van der Waals surface area contributed by atoms with Crippen LogP contribution in [0.5, 0.6) is 0 Å². The Kier molecular flexibility index (Phi) is 8.99. The summed E-state index contributed by atoms with van der Waals surface area (Å²) in [7, 11) is 0. The van der Waals surface area contributed by atoms with Crippen LogP contribution in [0.2, 0.25) is 0 Å². The maximum absolute atomic E-state index is 14.1. The van der Waals surface area contributed by atoms with Crippen LogP contribution >= 0.6 is 0 Å². The second kappa shape index (κ2) is 13.6. The highest BCUT2D eigenvalue weighted by Crippen LogP contribution is 2.31. The molecular formula is C32H36F2N10O4. The van der Waals surface area contributed by atoms with E-state index in [1.54, 1.807) is 10.9 Å². The first kappa shape index (κ1) is 31.6. The van der Waals surface area contributed by atoms with Gasteiger partial charge in [-0.1, -0.05) is 12.1 Å². The third kappa shape index (κ3) is 6.85. The summed E-state index contributed by atoms with van der Waals surface area (Å²) in [5, 5.41) is 16.7. The van der Waals surface area contributed by atoms with Gasteiger partial charge in [0.05, 0.1) is 31.1 Å². The van der Waals surface area contributed by atoms with Gasteiger partial charge < -0.3 is 20.3 Å². The minimum absolute atomic E-state index is 0.0403. The van der Waals surface area contributed by atoms with E-state index in [1.807, 2.05) is 30.3 Å². The van der Waals surface area contributed by atoms with Crippen molar-refractivity contribution in [2.75, 3.05) is 54.9 Å². The van der Waals surface area contributed by atoms with E-state index in [0.29, 0.717) is 70.0 Å². The molecule has 0 radical (unpaired) electrons. The number of piperidine rings is 2. The molecule has 3 fully saturated rings. The van der Waals surface area contributed by atoms with Crippen molar-refractivity contribution < 1.29 is 27.9 Å². The molecule has 0 saturated carbocycles. The quantitative estimate of drug-likeness (QED) is 0.228. The minimum atomic E-state index is -2.88. The van der Waals surface area contributed by atoms with Gasteiger partial charge in [0.25, 0.3) is 12.3 Å². The zero-order valence-corrected chi connectivity index (χ0v) is 26.1. The molecule has 16 heteroatoms. The van der Waals surface area contributed by atoms with E-state index < -0.39 is 24.1 Å². The summed E-state index contributed by atoms with van der Waals surface area (Å²) in [5.41, 5.74) is 1.84. The van der Waals surface area contributed by atoms with Crippen LogP contribution in [0.4, 0.5) is 26.0 Å². The standard InChI is InChI=1S/C32H36F2N10O4/c33-29(34)28-25(37-31(46)23-17-35-43-11-8-26(38-30(23)43)42-12-14-48-15-13-42)19-44(40-28)22-6-9-41(10-7-22)18-20-2-1-3-21(16-20)36-24-4-5-27(45)39-32(24)47/h1-3,8,11,16-17,19,22,24,29,36H,4-7,9-10,12-15,18H2,(H,37,46)(H,39,45,47). The highest BCUT2D eigenvalue weighted by molar-refractivity contribution is 6.08. The number of nitrogens with one attached hydrogen (secondary N) is 3. The normalized spacial score (nSPS) is 19.6. The zero-order valence-electron chi connectivity index (χ0n) is 26.1. The number of hydrogen-bond acceptors (Lipinski definition) is 10. The topological polar surface area (TPSA) is 151 Å². The first-order valence-electron chi connectivity index (χ1n) is 16.1. The lowest BCUT2D eigenvalue weighted by Gasteiger charge is -2.32. The van der Waals surface area contributed by atoms with E-state index in [9.17, 15) is 23.2 Å². The summed E-state index contributed by atoms with van der Waals surface area (Å²) < 4.78 is 36.7. The number of ether oxygens (including phenoxy) is 1. The number of carbonyl (C=O) groups is 3. The number of alkyl halides is 2. The monoisotopic (exact) mass is 662 g/mol. The number of carbonyl (C=O) groups excluding carboxylic acids is 3. The summed E-state index contributed by atoms with van der Waals surface area (Å²) in [6, 6.07) is 9.07. The fourth-order valence-electron chi connectivity index (χ4n) is 6.42. The second-order valence-corrected chi connectivity index (χ2v) is 12.2. The van der Waals surface area contributed by atoms with Gasteiger partial charge in [0.15, 0.2) is 11.3 Å². The number of halogens is 2. The Hall–Kier alpha value is -4.96. The number of nitrogens with zero attached hydrogens (tertiary/aromatic N) is 7. The average molecular weight is 663 g/mol. The highest BCUT2D eigenvalue weighted by Gasteiger charge is 2.28. The Balaban J connectivity index is 0.983. The summed E-state index contributed by atoms with van der Waals surface area (Å²) >= 11 is 0. The van der Waals surface area contributed by atoms with Crippen molar-refractivity contribution in [2.45, 2.75) is 50.7 Å². The van der Waals surface area contributed by atoms with Gasteiger partial charge in [-0.3, -0.25) is 29.3 Å². The maximum Gasteiger partial charge on any atom is 0.284 e. The molecule has 1 unspecified atom stereocenters. The number of amides is 3. The van der Waals surface area contributed by atoms with Crippen LogP contribution in [-0.2, 0) is 20.9 Å². The summed E-state index contributed by atoms with van der Waals surface area (Å²) in [6.45, 7) is 4.64. The number of fused-ring (bicyclic) bond motifs is 1. The fraction of sp³-hybridized carbons (Fsp3) is 0.438. The molecule has 0 spiro atoms. The van der Waals surface area contributed by atoms with Crippen molar-refractivity contribution in [3.63, 3.8) is 0 Å². The number of hydrogen-bond donors (Lipinski definition) is 3. The van der Waals surface area contributed by atoms with Gasteiger partial charge in [-0.2, -0.15) is 10.2 Å². The molecule has 7 rings (SSSR count). The Labute approximate surface area is 274 Å². The lowest BCUT2D eigenvalue weighted by molar-refractivity contribution is -0.133. The molecule has 48 heavy (non-hydrogen) atoms. The summed E-state index contributed by atoms with van der Waals surface area (Å²) in [6.07, 6.45) is 3.83. The van der Waals surface area contributed by atoms with Gasteiger partial charge in [0, 0.05) is 57.2 Å². The third-order valence-corrected chi connectivity index (χ3v) is 8.99. The van der Waals surface area contributed by atoms with Gasteiger partial charge in [0.2, 0.25) is 11.8 Å². The van der Waals surface area contributed by atoms with Gasteiger partial charge in [-0.15, -0.1) is 0 Å². The Morgan fingerprint density at radius 3 is 2.67 bits per heavy atom. The van der Waals surface area contributed by atoms with Crippen LogP contribution in [0.1, 0.15) is 59.8 Å². The van der Waals surface area contributed by atoms with E-state index in [-0.39, 0.29) is 29.1 Å². The lowest BCUT2D eigenvalue weighted by Crippen LogP contribution is -2.47. The first-order valence-corrected chi connectivity index (χ1v) is 16.1. The predicted octanol–water partition coefficient (Wildman–Crippen LogP) is 3.01. The van der Waals surface area contributed by atoms with Crippen LogP contribution < -0.4 is 20.9 Å². The van der Waals surface area contributed by atoms with Crippen molar-refractivity contribution in [1.82, 2.24) is 34.6 Å². The zero-order chi connectivity index (χ0) is 33.2. The molecule has 252 valence electrons. The predicted molar refractivity (Wildman–Crippen MR) is 171 cm³/mol. The number of likely N-dealkylation sites (tertiary alicyclic amines) is 1. The SMILES string of the molecule is O=C1CCC(Nc2cccc(CN3CCC(n4cc(NC(=O)c5cnn6ccc(N7CCOCC7)nc56)c(C(F)F)n4)CC3)c2)C(=O)N1. The smallest absolute Gasteiger partial charge is 0.284 e. The molecule has 1 aromatic carbocycles. The molecular weight excluding hydrogens is 626 g/mol. The van der Waals surface area contributed by atoms with Crippen molar-refractivity contribution >= 4 is 40.6 Å². The molecule has 4 aromatic rings. The van der Waals surface area contributed by atoms with Gasteiger partial charge in [-0.25, -0.2) is 18.3 Å². The lowest BCUT2D eigenvalue weighted by atomic mass is 10.0. The van der Waals surface area contributed by atoms with Crippen LogP contribution in [0.3, 0.4) is 0 Å². The molecule has 0 aliphatic carbocycles. The van der Waals surface area contributed by atoms with Gasteiger partial charge in [-0.05, 0) is 43.0 Å². The number of morpholine rings is 1. The average Bonchev–Trinajstić information content (AvgIpc) is 3.71. The minimum Gasteiger partial charge on any atom is -0.378 e. The molecule has 1 atom stereocenters. The summed E-state index contributed by atoms with van der Waals surface area (Å²) in [4.78, 5) is 45.9. The largest absolute Gasteiger partial charge is 0.378 e. The van der Waals surface area contributed by atoms with E-state index in [0.717, 1.165) is 24.3 Å². The highest BCUT2D eigenvalue weighted by atomic mass is 19.3. The number of anilines is 3. The van der Waals surface area contributed by atoms with E-state index in [1.165, 1.54) is 16.9 Å². The number of imide groups is 1. The van der Waals surface area contributed by atoms with Crippen molar-refractivity contribution in [3.8, 4) is 0 Å². The van der Waals surface area contributed by atoms with Gasteiger partial charge >= 0.3 is 0 Å². The van der Waals surface area contributed by atoms with Crippen LogP contribution in [-0.4, -0.2) is 92.4 Å². The summed E-state index contributed by atoms with van der Waals surface area (Å²) in [5.74, 6) is -0.483. The van der Waals surface area contributed by atoms with E-state index in [2.05, 4.69) is 40.9 Å². The van der Waals surface area contributed by atoms with Crippen LogP contribution in [0.25, 0.3) is 5.65 Å². The molecule has 3 aliphatic heterocycles. The molecule has 3 N–H and O–H groups in total. The van der Waals surface area contributed by atoms with Crippen LogP contribution in [0, 0.1) is 0 Å². The Morgan fingerprint density at radius 2 is 1.90 bits per heavy atom. The molecule has 14 nitrogen and oxygen atoms in total. The first-order chi connectivity index (χ1) is 23.3. The number of rotatable bonds is 9. The molecule has 0 bridgehead atoms. The van der Waals surface area contributed by atoms with Crippen LogP contribution in [0.15, 0.2) is 48.9 Å². The molecule has 6 heterocycles. The van der Waals surface area contributed by atoms with Gasteiger partial charge in [0.1, 0.15) is 17.4 Å². The van der Waals surface area contributed by atoms with E-state index in [4.69, 9.17) is 4.74 Å². The Morgan fingerprint density at radius 1 is 1.08 bits per heavy atom. The molecule has 3 saturated heterocycles. The number of aromatic nitrogens is 5. The third-order valence-electron chi connectivity index (χ3n) is 8.99. The second-order valence-electron chi connectivity index (χ2n) is 12.2. The fourth-order valence-corrected chi connectivity index (χ4v) is 6.42. The molecule has 3 aliphatic rings. The van der Waals surface area contributed by atoms with Crippen molar-refractivity contribution in [2.24, 2.45) is 0 Å². The molecule has 3 aromatic heterocycles. The number of benzene rings is 1. The van der Waals surface area contributed by atoms with Crippen molar-refractivity contribution in [1.29, 1.82) is 0 Å². The van der Waals surface area contributed by atoms with Crippen molar-refractivity contribution in [3.05, 3.63) is 65.7 Å².